The van der Waals surface area contributed by atoms with Crippen molar-refractivity contribution in [3.63, 3.8) is 0 Å². The zero-order valence-corrected chi connectivity index (χ0v) is 12.0. The number of para-hydroxylation sites is 1. The Balaban J connectivity index is 2.19. The molecule has 1 amide bonds. The Morgan fingerprint density at radius 3 is 2.36 bits per heavy atom. The first-order valence-corrected chi connectivity index (χ1v) is 6.65. The summed E-state index contributed by atoms with van der Waals surface area (Å²) in [6, 6.07) is 12.8. The molecule has 0 aromatic heterocycles. The highest BCUT2D eigenvalue weighted by Gasteiger charge is 2.28. The first-order chi connectivity index (χ1) is 10.5. The molecule has 0 aliphatic heterocycles. The number of amides is 1. The summed E-state index contributed by atoms with van der Waals surface area (Å²) in [6.45, 7) is 0. The lowest BCUT2D eigenvalue weighted by atomic mass is 9.98. The molecule has 0 spiro atoms. The van der Waals surface area contributed by atoms with Gasteiger partial charge in [-0.05, 0) is 36.4 Å². The maximum absolute atomic E-state index is 12.9. The van der Waals surface area contributed by atoms with Crippen molar-refractivity contribution in [1.29, 1.82) is 5.26 Å². The maximum Gasteiger partial charge on any atom is 0.249 e. The largest absolute Gasteiger partial charge is 0.323 e. The van der Waals surface area contributed by atoms with Crippen molar-refractivity contribution in [2.45, 2.75) is 0 Å². The fourth-order valence-electron chi connectivity index (χ4n) is 1.78. The van der Waals surface area contributed by atoms with Crippen molar-refractivity contribution in [2.24, 2.45) is 5.92 Å². The minimum atomic E-state index is -1.54. The molecule has 2 rings (SSSR count). The molecule has 6 heteroatoms. The molecule has 0 saturated heterocycles. The van der Waals surface area contributed by atoms with Gasteiger partial charge in [-0.2, -0.15) is 5.26 Å². The van der Waals surface area contributed by atoms with Crippen LogP contribution in [0.5, 0.6) is 0 Å². The molecule has 22 heavy (non-hydrogen) atoms. The molecule has 0 fully saturated rings. The summed E-state index contributed by atoms with van der Waals surface area (Å²) in [7, 11) is 0. The summed E-state index contributed by atoms with van der Waals surface area (Å²) in [5.41, 5.74) is 0.392. The minimum Gasteiger partial charge on any atom is -0.323 e. The smallest absolute Gasteiger partial charge is 0.249 e. The molecule has 0 radical (unpaired) electrons. The Morgan fingerprint density at radius 1 is 1.14 bits per heavy atom. The minimum absolute atomic E-state index is 0.0854. The van der Waals surface area contributed by atoms with Crippen molar-refractivity contribution in [1.82, 2.24) is 0 Å². The number of hydrogen-bond acceptors (Lipinski definition) is 3. The van der Waals surface area contributed by atoms with Gasteiger partial charge < -0.3 is 5.32 Å². The van der Waals surface area contributed by atoms with Crippen LogP contribution in [0, 0.1) is 23.1 Å². The van der Waals surface area contributed by atoms with Crippen LogP contribution in [0.25, 0.3) is 0 Å². The molecule has 1 atom stereocenters. The van der Waals surface area contributed by atoms with E-state index in [1.807, 2.05) is 0 Å². The number of hydrogen-bond donors (Lipinski definition) is 1. The molecule has 0 saturated carbocycles. The molecule has 0 bridgehead atoms. The number of anilines is 1. The number of carbonyl (C=O) groups excluding carboxylic acids is 2. The molecule has 1 N–H and O–H groups in total. The lowest BCUT2D eigenvalue weighted by molar-refractivity contribution is -0.117. The van der Waals surface area contributed by atoms with Crippen LogP contribution >= 0.6 is 11.6 Å². The van der Waals surface area contributed by atoms with Gasteiger partial charge in [0.15, 0.2) is 11.7 Å². The van der Waals surface area contributed by atoms with E-state index in [1.165, 1.54) is 12.1 Å². The lowest BCUT2D eigenvalue weighted by Crippen LogP contribution is -2.28. The number of Topliss-reactive ketones (excluding diaryl/α,β-unsaturated/α-hetero) is 1. The van der Waals surface area contributed by atoms with E-state index < -0.39 is 23.4 Å². The molecule has 2 aromatic carbocycles. The van der Waals surface area contributed by atoms with Gasteiger partial charge in [-0.15, -0.1) is 0 Å². The third-order valence-corrected chi connectivity index (χ3v) is 3.24. The zero-order valence-electron chi connectivity index (χ0n) is 11.2. The van der Waals surface area contributed by atoms with E-state index in [2.05, 4.69) is 5.32 Å². The Labute approximate surface area is 131 Å². The fourth-order valence-corrected chi connectivity index (χ4v) is 1.97. The number of ketones is 1. The second kappa shape index (κ2) is 6.83. The number of halogens is 2. The first-order valence-electron chi connectivity index (χ1n) is 6.27. The van der Waals surface area contributed by atoms with Gasteiger partial charge in [0.2, 0.25) is 5.91 Å². The normalized spacial score (nSPS) is 11.3. The standard InChI is InChI=1S/C16H10ClFN2O2/c17-13-3-1-2-4-14(13)20-16(22)12(9-19)15(21)10-5-7-11(18)8-6-10/h1-8,12H,(H,20,22)/t12-/m1/s1. The van der Waals surface area contributed by atoms with Crippen molar-refractivity contribution in [3.8, 4) is 6.07 Å². The molecule has 0 unspecified atom stereocenters. The van der Waals surface area contributed by atoms with E-state index in [9.17, 15) is 14.0 Å². The van der Waals surface area contributed by atoms with Crippen LogP contribution in [0.2, 0.25) is 5.02 Å². The summed E-state index contributed by atoms with van der Waals surface area (Å²) >= 11 is 5.91. The molecule has 0 heterocycles. The van der Waals surface area contributed by atoms with Crippen LogP contribution in [0.4, 0.5) is 10.1 Å². The van der Waals surface area contributed by atoms with Gasteiger partial charge in [0, 0.05) is 5.56 Å². The van der Waals surface area contributed by atoms with E-state index in [0.717, 1.165) is 12.1 Å². The van der Waals surface area contributed by atoms with Gasteiger partial charge in [-0.1, -0.05) is 23.7 Å². The highest BCUT2D eigenvalue weighted by Crippen LogP contribution is 2.21. The molecule has 0 aliphatic carbocycles. The number of benzene rings is 2. The molecule has 4 nitrogen and oxygen atoms in total. The number of rotatable bonds is 4. The maximum atomic E-state index is 12.9. The second-order valence-electron chi connectivity index (χ2n) is 4.40. The summed E-state index contributed by atoms with van der Waals surface area (Å²) in [5.74, 6) is -3.54. The van der Waals surface area contributed by atoms with Crippen LogP contribution in [-0.2, 0) is 4.79 Å². The Morgan fingerprint density at radius 2 is 1.77 bits per heavy atom. The van der Waals surface area contributed by atoms with Crippen LogP contribution in [0.15, 0.2) is 48.5 Å². The topological polar surface area (TPSA) is 70.0 Å². The van der Waals surface area contributed by atoms with Crippen LogP contribution in [0.1, 0.15) is 10.4 Å². The Kier molecular flexibility index (Phi) is 4.87. The lowest BCUT2D eigenvalue weighted by Gasteiger charge is -2.10. The fraction of sp³-hybridized carbons (Fsp3) is 0.0625. The predicted molar refractivity (Wildman–Crippen MR) is 79.9 cm³/mol. The average Bonchev–Trinajstić information content (AvgIpc) is 2.51. The molecule has 0 aliphatic rings. The number of nitrogens with zero attached hydrogens (tertiary/aromatic N) is 1. The molecule has 110 valence electrons. The van der Waals surface area contributed by atoms with Gasteiger partial charge in [-0.3, -0.25) is 9.59 Å². The van der Waals surface area contributed by atoms with Crippen molar-refractivity contribution < 1.29 is 14.0 Å². The van der Waals surface area contributed by atoms with Crippen molar-refractivity contribution in [2.75, 3.05) is 5.32 Å². The van der Waals surface area contributed by atoms with E-state index in [4.69, 9.17) is 16.9 Å². The van der Waals surface area contributed by atoms with E-state index in [0.29, 0.717) is 10.7 Å². The van der Waals surface area contributed by atoms with E-state index in [-0.39, 0.29) is 5.56 Å². The summed E-state index contributed by atoms with van der Waals surface area (Å²) in [5, 5.41) is 11.8. The Hall–Kier alpha value is -2.71. The van der Waals surface area contributed by atoms with Crippen LogP contribution in [0.3, 0.4) is 0 Å². The number of nitriles is 1. The third-order valence-electron chi connectivity index (χ3n) is 2.91. The highest BCUT2D eigenvalue weighted by atomic mass is 35.5. The van der Waals surface area contributed by atoms with E-state index >= 15 is 0 Å². The summed E-state index contributed by atoms with van der Waals surface area (Å²) in [6.07, 6.45) is 0. The average molecular weight is 317 g/mol. The SMILES string of the molecule is N#C[C@@H](C(=O)Nc1ccccc1Cl)C(=O)c1ccc(F)cc1. The molecule has 2 aromatic rings. The van der Waals surface area contributed by atoms with Gasteiger partial charge in [-0.25, -0.2) is 4.39 Å². The number of carbonyl (C=O) groups is 2. The quantitative estimate of drug-likeness (QED) is 0.694. The second-order valence-corrected chi connectivity index (χ2v) is 4.81. The summed E-state index contributed by atoms with van der Waals surface area (Å²) < 4.78 is 12.9. The van der Waals surface area contributed by atoms with Crippen molar-refractivity contribution in [3.05, 3.63) is 64.9 Å². The van der Waals surface area contributed by atoms with Crippen LogP contribution < -0.4 is 5.32 Å². The number of nitrogens with one attached hydrogen (secondary N) is 1. The first kappa shape index (κ1) is 15.7. The highest BCUT2D eigenvalue weighted by molar-refractivity contribution is 6.34. The monoisotopic (exact) mass is 316 g/mol. The summed E-state index contributed by atoms with van der Waals surface area (Å²) in [4.78, 5) is 24.3. The van der Waals surface area contributed by atoms with E-state index in [1.54, 1.807) is 30.3 Å². The van der Waals surface area contributed by atoms with Gasteiger partial charge in [0.1, 0.15) is 5.82 Å². The van der Waals surface area contributed by atoms with Crippen molar-refractivity contribution >= 4 is 29.0 Å². The van der Waals surface area contributed by atoms with Gasteiger partial charge >= 0.3 is 0 Å². The molecular formula is C16H10ClFN2O2. The van der Waals surface area contributed by atoms with Gasteiger partial charge in [0.05, 0.1) is 16.8 Å². The van der Waals surface area contributed by atoms with Gasteiger partial charge in [0.25, 0.3) is 0 Å². The Bertz CT molecular complexity index is 753. The third kappa shape index (κ3) is 3.48. The molecular weight excluding hydrogens is 307 g/mol. The zero-order chi connectivity index (χ0) is 16.1. The predicted octanol–water partition coefficient (Wildman–Crippen LogP) is 3.44. The van der Waals surface area contributed by atoms with Crippen LogP contribution in [-0.4, -0.2) is 11.7 Å².